The molecule has 0 aromatic heterocycles. The minimum Gasteiger partial charge on any atom is -0.457 e. The molecular weight excluding hydrogens is 723 g/mol. The van der Waals surface area contributed by atoms with E-state index >= 15 is 0 Å². The number of rotatable bonds is 12. The average molecular weight is 761 g/mol. The van der Waals surface area contributed by atoms with E-state index in [9.17, 15) is 30.8 Å². The van der Waals surface area contributed by atoms with E-state index in [0.717, 1.165) is 24.1 Å². The van der Waals surface area contributed by atoms with Crippen LogP contribution in [-0.2, 0) is 26.6 Å². The molecule has 3 amide bonds. The zero-order valence-electron chi connectivity index (χ0n) is 27.7. The summed E-state index contributed by atoms with van der Waals surface area (Å²) in [6.45, 7) is 2.05. The molecule has 4 aromatic carbocycles. The fourth-order valence-electron chi connectivity index (χ4n) is 5.62. The highest BCUT2D eigenvalue weighted by Gasteiger charge is 2.29. The van der Waals surface area contributed by atoms with E-state index in [2.05, 4.69) is 19.7 Å². The van der Waals surface area contributed by atoms with Gasteiger partial charge in [0, 0.05) is 42.7 Å². The predicted octanol–water partition coefficient (Wildman–Crippen LogP) is 5.58. The van der Waals surface area contributed by atoms with Gasteiger partial charge in [-0.3, -0.25) is 24.0 Å². The highest BCUT2D eigenvalue weighted by Crippen LogP contribution is 2.30. The maximum absolute atomic E-state index is 14.3. The van der Waals surface area contributed by atoms with Gasteiger partial charge in [0.05, 0.1) is 23.8 Å². The molecule has 0 unspecified atom stereocenters. The first-order chi connectivity index (χ1) is 23.6. The molecule has 1 aliphatic rings. The van der Waals surface area contributed by atoms with E-state index in [4.69, 9.17) is 10.5 Å². The quantitative estimate of drug-likeness (QED) is 0.144. The lowest BCUT2D eigenvalue weighted by Crippen LogP contribution is -2.49. The number of likely N-dealkylation sites (tertiary alicyclic amines) is 1. The molecule has 4 aromatic rings. The topological polar surface area (TPSA) is 180 Å². The van der Waals surface area contributed by atoms with Crippen LogP contribution in [0.25, 0.3) is 0 Å². The number of sulfonamides is 2. The molecule has 0 atom stereocenters. The number of nitrogens with two attached hydrogens (primary N) is 1. The molecule has 5 rings (SSSR count). The molecule has 1 heterocycles. The molecule has 13 nitrogen and oxygen atoms in total. The number of hydrogen-bond donors (Lipinski definition) is 4. The molecule has 0 saturated carbocycles. The maximum atomic E-state index is 14.3. The highest BCUT2D eigenvalue weighted by molar-refractivity contribution is 7.92. The number of carbonyl (C=O) groups is 2. The number of primary amides is 1. The second-order valence-electron chi connectivity index (χ2n) is 11.9. The molecule has 1 fully saturated rings. The van der Waals surface area contributed by atoms with Gasteiger partial charge in [0.15, 0.2) is 0 Å². The van der Waals surface area contributed by atoms with Crippen LogP contribution in [0.4, 0.5) is 31.9 Å². The summed E-state index contributed by atoms with van der Waals surface area (Å²) in [5.74, 6) is -0.893. The number of amides is 3. The summed E-state index contributed by atoms with van der Waals surface area (Å²) in [4.78, 5) is 29.7. The number of hydrogen-bond acceptors (Lipinski definition) is 8. The smallest absolute Gasteiger partial charge is 0.326 e. The zero-order chi connectivity index (χ0) is 36.1. The Bertz CT molecular complexity index is 2080. The third-order valence-corrected chi connectivity index (χ3v) is 8.99. The lowest BCUT2D eigenvalue weighted by atomic mass is 10.0. The molecule has 0 aliphatic carbocycles. The van der Waals surface area contributed by atoms with Crippen LogP contribution in [0.5, 0.6) is 11.5 Å². The lowest BCUT2D eigenvalue weighted by Gasteiger charge is -2.38. The fourth-order valence-corrected chi connectivity index (χ4v) is 6.73. The Balaban J connectivity index is 0.00000583. The van der Waals surface area contributed by atoms with Crippen LogP contribution >= 0.6 is 12.4 Å². The minimum absolute atomic E-state index is 0. The van der Waals surface area contributed by atoms with Crippen molar-refractivity contribution in [2.75, 3.05) is 45.3 Å². The van der Waals surface area contributed by atoms with Gasteiger partial charge < -0.3 is 15.8 Å². The van der Waals surface area contributed by atoms with Crippen molar-refractivity contribution in [1.82, 2.24) is 4.90 Å². The van der Waals surface area contributed by atoms with Crippen molar-refractivity contribution in [3.8, 4) is 11.5 Å². The van der Waals surface area contributed by atoms with Crippen molar-refractivity contribution in [2.24, 2.45) is 5.73 Å². The van der Waals surface area contributed by atoms with Gasteiger partial charge in [0.1, 0.15) is 17.3 Å². The normalized spacial score (nSPS) is 13.8. The predicted molar refractivity (Wildman–Crippen MR) is 198 cm³/mol. The van der Waals surface area contributed by atoms with Crippen molar-refractivity contribution in [3.63, 3.8) is 0 Å². The standard InChI is InChI=1S/C34H37FN6O7S2.ClH/c1-49(44,45)38-25-11-15-32(29(20-25)33(36)42)48-28-12-8-23(9-13-28)22-40-18-16-27(17-19-40)41(26-6-4-3-5-7-26)34(43)37-24-10-14-30(35)31(21-24)39-50(2,46)47;/h3-15,20-21,27,38-39H,16-19,22H2,1-2H3,(H2,36,42)(H,37,43);1H. The number of carbonyl (C=O) groups excluding carboxylic acids is 2. The Labute approximate surface area is 302 Å². The number of anilines is 4. The second kappa shape index (κ2) is 16.4. The monoisotopic (exact) mass is 760 g/mol. The van der Waals surface area contributed by atoms with Gasteiger partial charge >= 0.3 is 6.03 Å². The number of halogens is 2. The van der Waals surface area contributed by atoms with Crippen LogP contribution in [0.1, 0.15) is 28.8 Å². The summed E-state index contributed by atoms with van der Waals surface area (Å²) >= 11 is 0. The molecule has 5 N–H and O–H groups in total. The van der Waals surface area contributed by atoms with E-state index < -0.39 is 37.8 Å². The number of ether oxygens (including phenoxy) is 1. The van der Waals surface area contributed by atoms with Gasteiger partial charge in [-0.25, -0.2) is 26.0 Å². The van der Waals surface area contributed by atoms with Gasteiger partial charge in [-0.1, -0.05) is 30.3 Å². The first-order valence-electron chi connectivity index (χ1n) is 15.5. The number of nitrogens with zero attached hydrogens (tertiary/aromatic N) is 2. The molecule has 272 valence electrons. The summed E-state index contributed by atoms with van der Waals surface area (Å²) in [6, 6.07) is 23.9. The summed E-state index contributed by atoms with van der Waals surface area (Å²) in [6.07, 6.45) is 3.27. The molecule has 0 radical (unpaired) electrons. The molecular formula is C34H38ClFN6O7S2. The number of para-hydroxylation sites is 1. The van der Waals surface area contributed by atoms with E-state index in [-0.39, 0.29) is 46.8 Å². The van der Waals surface area contributed by atoms with Crippen LogP contribution < -0.4 is 30.1 Å². The van der Waals surface area contributed by atoms with Crippen LogP contribution in [0.15, 0.2) is 91.0 Å². The second-order valence-corrected chi connectivity index (χ2v) is 15.4. The Morgan fingerprint density at radius 2 is 1.49 bits per heavy atom. The molecule has 51 heavy (non-hydrogen) atoms. The third-order valence-electron chi connectivity index (χ3n) is 7.79. The molecule has 1 aliphatic heterocycles. The minimum atomic E-state index is -3.73. The van der Waals surface area contributed by atoms with Crippen LogP contribution in [0.3, 0.4) is 0 Å². The van der Waals surface area contributed by atoms with Gasteiger partial charge in [-0.05, 0) is 79.1 Å². The first-order valence-corrected chi connectivity index (χ1v) is 19.3. The number of nitrogens with one attached hydrogen (secondary N) is 3. The van der Waals surface area contributed by atoms with Gasteiger partial charge in [0.2, 0.25) is 20.0 Å². The van der Waals surface area contributed by atoms with E-state index in [1.165, 1.54) is 30.3 Å². The zero-order valence-corrected chi connectivity index (χ0v) is 30.2. The largest absolute Gasteiger partial charge is 0.457 e. The molecule has 1 saturated heterocycles. The summed E-state index contributed by atoms with van der Waals surface area (Å²) in [5.41, 5.74) is 7.40. The van der Waals surface area contributed by atoms with Crippen molar-refractivity contribution in [2.45, 2.75) is 25.4 Å². The summed E-state index contributed by atoms with van der Waals surface area (Å²) < 4.78 is 71.1. The number of piperidine rings is 1. The van der Waals surface area contributed by atoms with E-state index in [1.54, 1.807) is 17.0 Å². The molecule has 17 heteroatoms. The van der Waals surface area contributed by atoms with E-state index in [0.29, 0.717) is 43.9 Å². The SMILES string of the molecule is CS(=O)(=O)Nc1ccc(Oc2ccc(CN3CCC(N(C(=O)Nc4ccc(F)c(NS(C)(=O)=O)c4)c4ccccc4)CC3)cc2)c(C(N)=O)c1.Cl. The Morgan fingerprint density at radius 3 is 2.10 bits per heavy atom. The molecule has 0 bridgehead atoms. The Kier molecular flexibility index (Phi) is 12.5. The average Bonchev–Trinajstić information content (AvgIpc) is 3.04. The third kappa shape index (κ3) is 11.0. The lowest BCUT2D eigenvalue weighted by molar-refractivity contribution is 0.0998. The first kappa shape index (κ1) is 38.9. The van der Waals surface area contributed by atoms with Crippen LogP contribution in [-0.4, -0.2) is 65.3 Å². The van der Waals surface area contributed by atoms with Crippen molar-refractivity contribution >= 4 is 67.1 Å². The maximum Gasteiger partial charge on any atom is 0.326 e. The summed E-state index contributed by atoms with van der Waals surface area (Å²) in [7, 11) is -7.28. The summed E-state index contributed by atoms with van der Waals surface area (Å²) in [5, 5.41) is 2.79. The highest BCUT2D eigenvalue weighted by atomic mass is 35.5. The number of urea groups is 1. The van der Waals surface area contributed by atoms with Crippen molar-refractivity contribution in [1.29, 1.82) is 0 Å². The van der Waals surface area contributed by atoms with Crippen LogP contribution in [0, 0.1) is 5.82 Å². The fraction of sp³-hybridized carbons (Fsp3) is 0.235. The van der Waals surface area contributed by atoms with E-state index in [1.807, 2.05) is 42.5 Å². The van der Waals surface area contributed by atoms with Crippen LogP contribution in [0.2, 0.25) is 0 Å². The van der Waals surface area contributed by atoms with Gasteiger partial charge in [-0.15, -0.1) is 12.4 Å². The van der Waals surface area contributed by atoms with Gasteiger partial charge in [-0.2, -0.15) is 0 Å². The molecule has 0 spiro atoms. The number of benzene rings is 4. The Morgan fingerprint density at radius 1 is 0.863 bits per heavy atom. The Hall–Kier alpha value is -4.90. The van der Waals surface area contributed by atoms with Crippen molar-refractivity contribution in [3.05, 3.63) is 108 Å². The van der Waals surface area contributed by atoms with Gasteiger partial charge in [0.25, 0.3) is 5.91 Å². The van der Waals surface area contributed by atoms with Crippen molar-refractivity contribution < 1.29 is 35.6 Å².